The summed E-state index contributed by atoms with van der Waals surface area (Å²) in [4.78, 5) is 37.6. The Morgan fingerprint density at radius 3 is 2.33 bits per heavy atom. The number of hydrogen-bond donors (Lipinski definition) is 2. The third-order valence-electron chi connectivity index (χ3n) is 4.49. The van der Waals surface area contributed by atoms with Crippen molar-refractivity contribution in [3.63, 3.8) is 0 Å². The number of benzene rings is 3. The van der Waals surface area contributed by atoms with Crippen molar-refractivity contribution in [1.29, 1.82) is 0 Å². The molecular weight excluding hydrogens is 440 g/mol. The molecule has 0 aromatic heterocycles. The van der Waals surface area contributed by atoms with Gasteiger partial charge in [0.05, 0.1) is 18.4 Å². The Labute approximate surface area is 196 Å². The molecule has 0 unspecified atom stereocenters. The number of aryl methyl sites for hydroxylation is 1. The fraction of sp³-hybridized carbons (Fsp3) is 0.160. The molecule has 0 radical (unpaired) electrons. The molecule has 0 aliphatic carbocycles. The van der Waals surface area contributed by atoms with E-state index in [4.69, 9.17) is 9.47 Å². The maximum atomic E-state index is 12.6. The van der Waals surface area contributed by atoms with Gasteiger partial charge in [0.1, 0.15) is 5.75 Å². The monoisotopic (exact) mass is 464 g/mol. The lowest BCUT2D eigenvalue weighted by Gasteiger charge is -2.10. The highest BCUT2D eigenvalue weighted by Gasteiger charge is 2.16. The van der Waals surface area contributed by atoms with E-state index in [0.717, 1.165) is 5.56 Å². The molecule has 3 aromatic carbocycles. The molecule has 0 aliphatic rings. The number of nitrogens with one attached hydrogen (secondary N) is 2. The van der Waals surface area contributed by atoms with Gasteiger partial charge in [0.2, 0.25) is 5.91 Å². The van der Waals surface area contributed by atoms with E-state index in [1.54, 1.807) is 48.5 Å². The Kier molecular flexibility index (Phi) is 8.49. The van der Waals surface area contributed by atoms with E-state index < -0.39 is 18.5 Å². The van der Waals surface area contributed by atoms with Gasteiger partial charge in [-0.2, -0.15) is 0 Å². The number of carbonyl (C=O) groups excluding carboxylic acids is 3. The second-order valence-corrected chi connectivity index (χ2v) is 8.07. The average molecular weight is 465 g/mol. The van der Waals surface area contributed by atoms with Crippen molar-refractivity contribution in [3.8, 4) is 5.75 Å². The van der Waals surface area contributed by atoms with Crippen LogP contribution in [0.1, 0.15) is 15.9 Å². The summed E-state index contributed by atoms with van der Waals surface area (Å²) in [6.45, 7) is 1.53. The molecule has 0 saturated heterocycles. The fourth-order valence-electron chi connectivity index (χ4n) is 2.85. The van der Waals surface area contributed by atoms with Crippen LogP contribution in [0.3, 0.4) is 0 Å². The molecule has 0 saturated carbocycles. The van der Waals surface area contributed by atoms with Crippen molar-refractivity contribution >= 4 is 40.9 Å². The molecule has 0 heterocycles. The number of carbonyl (C=O) groups is 3. The standard InChI is InChI=1S/C25H24N2O5S/c1-17-10-12-18(13-11-17)26-24(29)16-33-22-9-4-3-8-21(22)25(30)32-15-23(28)27-19-6-5-7-20(14-19)31-2/h3-14H,15-16H2,1-2H3,(H,26,29)(H,27,28). The van der Waals surface area contributed by atoms with Crippen LogP contribution < -0.4 is 15.4 Å². The van der Waals surface area contributed by atoms with Crippen LogP contribution in [0.15, 0.2) is 77.7 Å². The van der Waals surface area contributed by atoms with Gasteiger partial charge < -0.3 is 20.1 Å². The minimum atomic E-state index is -0.641. The van der Waals surface area contributed by atoms with Crippen LogP contribution >= 0.6 is 11.8 Å². The SMILES string of the molecule is COc1cccc(NC(=O)COC(=O)c2ccccc2SCC(=O)Nc2ccc(C)cc2)c1. The van der Waals surface area contributed by atoms with Crippen LogP contribution in [0, 0.1) is 6.92 Å². The molecule has 2 N–H and O–H groups in total. The Bertz CT molecular complexity index is 1130. The third-order valence-corrected chi connectivity index (χ3v) is 5.56. The van der Waals surface area contributed by atoms with E-state index in [-0.39, 0.29) is 11.7 Å². The maximum Gasteiger partial charge on any atom is 0.339 e. The smallest absolute Gasteiger partial charge is 0.339 e. The fourth-order valence-corrected chi connectivity index (χ4v) is 3.69. The summed E-state index contributed by atoms with van der Waals surface area (Å²) in [6, 6.07) is 21.2. The highest BCUT2D eigenvalue weighted by molar-refractivity contribution is 8.00. The van der Waals surface area contributed by atoms with Crippen LogP contribution in [0.2, 0.25) is 0 Å². The van der Waals surface area contributed by atoms with E-state index in [1.807, 2.05) is 31.2 Å². The average Bonchev–Trinajstić information content (AvgIpc) is 2.83. The van der Waals surface area contributed by atoms with E-state index >= 15 is 0 Å². The summed E-state index contributed by atoms with van der Waals surface area (Å²) in [6.07, 6.45) is 0. The van der Waals surface area contributed by atoms with Gasteiger partial charge in [0.25, 0.3) is 5.91 Å². The zero-order valence-corrected chi connectivity index (χ0v) is 19.1. The lowest BCUT2D eigenvalue weighted by atomic mass is 10.2. The second-order valence-electron chi connectivity index (χ2n) is 7.06. The summed E-state index contributed by atoms with van der Waals surface area (Å²) < 4.78 is 10.3. The Hall–Kier alpha value is -3.78. The second kappa shape index (κ2) is 11.7. The minimum absolute atomic E-state index is 0.120. The highest BCUT2D eigenvalue weighted by Crippen LogP contribution is 2.24. The van der Waals surface area contributed by atoms with Crippen molar-refractivity contribution in [2.45, 2.75) is 11.8 Å². The van der Waals surface area contributed by atoms with Crippen LogP contribution in [-0.2, 0) is 14.3 Å². The summed E-state index contributed by atoms with van der Waals surface area (Å²) >= 11 is 1.22. The third kappa shape index (κ3) is 7.40. The molecule has 0 atom stereocenters. The van der Waals surface area contributed by atoms with E-state index in [2.05, 4.69) is 10.6 Å². The number of esters is 1. The zero-order chi connectivity index (χ0) is 23.6. The van der Waals surface area contributed by atoms with Gasteiger partial charge in [0, 0.05) is 22.3 Å². The number of anilines is 2. The number of rotatable bonds is 9. The predicted octanol–water partition coefficient (Wildman–Crippen LogP) is 4.53. The molecule has 2 amide bonds. The van der Waals surface area contributed by atoms with Crippen LogP contribution in [0.4, 0.5) is 11.4 Å². The number of methoxy groups -OCH3 is 1. The molecule has 7 nitrogen and oxygen atoms in total. The van der Waals surface area contributed by atoms with Crippen LogP contribution in [-0.4, -0.2) is 37.3 Å². The summed E-state index contributed by atoms with van der Waals surface area (Å²) in [5, 5.41) is 5.47. The van der Waals surface area contributed by atoms with Gasteiger partial charge in [0.15, 0.2) is 6.61 Å². The van der Waals surface area contributed by atoms with Gasteiger partial charge in [-0.1, -0.05) is 35.9 Å². The number of hydrogen-bond acceptors (Lipinski definition) is 6. The first-order valence-corrected chi connectivity index (χ1v) is 11.1. The maximum absolute atomic E-state index is 12.6. The van der Waals surface area contributed by atoms with Gasteiger partial charge in [-0.25, -0.2) is 4.79 Å². The van der Waals surface area contributed by atoms with Gasteiger partial charge in [-0.3, -0.25) is 9.59 Å². The lowest BCUT2D eigenvalue weighted by Crippen LogP contribution is -2.21. The van der Waals surface area contributed by atoms with Crippen molar-refractivity contribution in [2.75, 3.05) is 30.1 Å². The molecule has 8 heteroatoms. The van der Waals surface area contributed by atoms with Gasteiger partial charge in [-0.15, -0.1) is 11.8 Å². The van der Waals surface area contributed by atoms with E-state index in [9.17, 15) is 14.4 Å². The summed E-state index contributed by atoms with van der Waals surface area (Å²) in [7, 11) is 1.53. The number of thioether (sulfide) groups is 1. The Morgan fingerprint density at radius 2 is 1.58 bits per heavy atom. The quantitative estimate of drug-likeness (QED) is 0.357. The first-order chi connectivity index (χ1) is 15.9. The van der Waals surface area contributed by atoms with Crippen molar-refractivity contribution in [3.05, 3.63) is 83.9 Å². The first kappa shape index (κ1) is 23.9. The molecular formula is C25H24N2O5S. The molecule has 3 aromatic rings. The predicted molar refractivity (Wildman–Crippen MR) is 129 cm³/mol. The summed E-state index contributed by atoms with van der Waals surface area (Å²) in [5.41, 5.74) is 2.64. The molecule has 33 heavy (non-hydrogen) atoms. The molecule has 0 bridgehead atoms. The van der Waals surface area contributed by atoms with Gasteiger partial charge in [-0.05, 0) is 43.3 Å². The van der Waals surface area contributed by atoms with E-state index in [1.165, 1.54) is 18.9 Å². The van der Waals surface area contributed by atoms with Crippen LogP contribution in [0.5, 0.6) is 5.75 Å². The Balaban J connectivity index is 1.53. The normalized spacial score (nSPS) is 10.2. The van der Waals surface area contributed by atoms with Crippen molar-refractivity contribution < 1.29 is 23.9 Å². The molecule has 0 aliphatic heterocycles. The summed E-state index contributed by atoms with van der Waals surface area (Å²) in [5.74, 6) is -0.585. The first-order valence-electron chi connectivity index (χ1n) is 10.1. The van der Waals surface area contributed by atoms with Crippen molar-refractivity contribution in [2.24, 2.45) is 0 Å². The molecule has 0 spiro atoms. The minimum Gasteiger partial charge on any atom is -0.497 e. The largest absolute Gasteiger partial charge is 0.497 e. The number of ether oxygens (including phenoxy) is 2. The zero-order valence-electron chi connectivity index (χ0n) is 18.3. The Morgan fingerprint density at radius 1 is 0.848 bits per heavy atom. The number of amides is 2. The van der Waals surface area contributed by atoms with Gasteiger partial charge >= 0.3 is 5.97 Å². The van der Waals surface area contributed by atoms with Crippen LogP contribution in [0.25, 0.3) is 0 Å². The molecule has 3 rings (SSSR count). The van der Waals surface area contributed by atoms with Crippen molar-refractivity contribution in [1.82, 2.24) is 0 Å². The molecule has 0 fully saturated rings. The topological polar surface area (TPSA) is 93.7 Å². The molecule has 170 valence electrons. The highest BCUT2D eigenvalue weighted by atomic mass is 32.2. The lowest BCUT2D eigenvalue weighted by molar-refractivity contribution is -0.119. The van der Waals surface area contributed by atoms with E-state index in [0.29, 0.717) is 27.6 Å².